The highest BCUT2D eigenvalue weighted by Gasteiger charge is 2.18. The van der Waals surface area contributed by atoms with E-state index in [0.29, 0.717) is 5.89 Å². The summed E-state index contributed by atoms with van der Waals surface area (Å²) in [4.78, 5) is 7.10. The number of anilines is 3. The maximum atomic E-state index is 6.60. The SMILES string of the molecule is c1ccc(-c2ccc(N(c3ccc(-c4ccc5ccccc5c4)cc3)c3ccc(-c4cccc5c4oc4cc6nc(-c7ccccc7)oc6cc45)cc3)cc2)cc1. The van der Waals surface area contributed by atoms with Crippen LogP contribution in [-0.4, -0.2) is 4.98 Å². The van der Waals surface area contributed by atoms with E-state index in [1.54, 1.807) is 0 Å². The van der Waals surface area contributed by atoms with E-state index < -0.39 is 0 Å². The third-order valence-corrected chi connectivity index (χ3v) is 10.9. The predicted molar refractivity (Wildman–Crippen MR) is 235 cm³/mol. The molecule has 4 nitrogen and oxygen atoms in total. The molecule has 0 saturated carbocycles. The molecule has 11 aromatic rings. The topological polar surface area (TPSA) is 42.4 Å². The Bertz CT molecular complexity index is 3200. The van der Waals surface area contributed by atoms with Crippen LogP contribution >= 0.6 is 0 Å². The molecule has 0 unspecified atom stereocenters. The van der Waals surface area contributed by atoms with Gasteiger partial charge in [0.1, 0.15) is 16.7 Å². The van der Waals surface area contributed by atoms with E-state index in [1.807, 2.05) is 36.4 Å². The van der Waals surface area contributed by atoms with Gasteiger partial charge in [0.15, 0.2) is 5.58 Å². The number of oxazole rings is 1. The van der Waals surface area contributed by atoms with Crippen molar-refractivity contribution in [3.05, 3.63) is 206 Å². The Morgan fingerprint density at radius 3 is 1.60 bits per heavy atom. The van der Waals surface area contributed by atoms with E-state index >= 15 is 0 Å². The lowest BCUT2D eigenvalue weighted by Gasteiger charge is -2.26. The lowest BCUT2D eigenvalue weighted by Crippen LogP contribution is -2.09. The summed E-state index contributed by atoms with van der Waals surface area (Å²) in [5.74, 6) is 0.602. The summed E-state index contributed by atoms with van der Waals surface area (Å²) in [7, 11) is 0. The Kier molecular flexibility index (Phi) is 7.78. The average Bonchev–Trinajstić information content (AvgIpc) is 3.87. The monoisotopic (exact) mass is 730 g/mol. The molecule has 0 bridgehead atoms. The first-order chi connectivity index (χ1) is 28.2. The van der Waals surface area contributed by atoms with Crippen LogP contribution in [0.5, 0.6) is 0 Å². The molecule has 11 rings (SSSR count). The summed E-state index contributed by atoms with van der Waals surface area (Å²) in [6, 6.07) is 72.5. The Balaban J connectivity index is 0.960. The molecule has 0 fully saturated rings. The largest absolute Gasteiger partial charge is 0.455 e. The summed E-state index contributed by atoms with van der Waals surface area (Å²) in [5, 5.41) is 4.52. The van der Waals surface area contributed by atoms with E-state index in [4.69, 9.17) is 13.8 Å². The van der Waals surface area contributed by atoms with Crippen molar-refractivity contribution in [1.82, 2.24) is 4.98 Å². The number of hydrogen-bond acceptors (Lipinski definition) is 4. The van der Waals surface area contributed by atoms with Crippen LogP contribution in [0.15, 0.2) is 215 Å². The van der Waals surface area contributed by atoms with Gasteiger partial charge in [-0.15, -0.1) is 0 Å². The lowest BCUT2D eigenvalue weighted by molar-refractivity contribution is 0.620. The average molecular weight is 731 g/mol. The maximum Gasteiger partial charge on any atom is 0.227 e. The molecule has 0 amide bonds. The van der Waals surface area contributed by atoms with Gasteiger partial charge in [-0.1, -0.05) is 140 Å². The van der Waals surface area contributed by atoms with E-state index in [0.717, 1.165) is 66.8 Å². The fourth-order valence-electron chi connectivity index (χ4n) is 7.99. The zero-order chi connectivity index (χ0) is 37.7. The van der Waals surface area contributed by atoms with Crippen molar-refractivity contribution in [2.24, 2.45) is 0 Å². The van der Waals surface area contributed by atoms with E-state index in [1.165, 1.54) is 33.0 Å². The van der Waals surface area contributed by atoms with Crippen molar-refractivity contribution < 1.29 is 8.83 Å². The molecule has 0 atom stereocenters. The zero-order valence-electron chi connectivity index (χ0n) is 30.8. The molecule has 0 spiro atoms. The highest BCUT2D eigenvalue weighted by Crippen LogP contribution is 2.41. The van der Waals surface area contributed by atoms with Gasteiger partial charge >= 0.3 is 0 Å². The molecule has 0 aliphatic rings. The fourth-order valence-corrected chi connectivity index (χ4v) is 7.99. The van der Waals surface area contributed by atoms with Gasteiger partial charge < -0.3 is 13.7 Å². The van der Waals surface area contributed by atoms with Gasteiger partial charge in [-0.05, 0) is 99.3 Å². The van der Waals surface area contributed by atoms with Crippen molar-refractivity contribution in [3.63, 3.8) is 0 Å². The number of hydrogen-bond donors (Lipinski definition) is 0. The Hall–Kier alpha value is -7.69. The Morgan fingerprint density at radius 1 is 0.351 bits per heavy atom. The normalized spacial score (nSPS) is 11.5. The van der Waals surface area contributed by atoms with Crippen LogP contribution in [0.25, 0.3) is 88.6 Å². The van der Waals surface area contributed by atoms with E-state index in [9.17, 15) is 0 Å². The van der Waals surface area contributed by atoms with Gasteiger partial charge in [0, 0.05) is 45.0 Å². The van der Waals surface area contributed by atoms with Crippen LogP contribution in [0, 0.1) is 0 Å². The van der Waals surface area contributed by atoms with Crippen molar-refractivity contribution >= 4 is 60.9 Å². The summed E-state index contributed by atoms with van der Waals surface area (Å²) in [6.07, 6.45) is 0. The van der Waals surface area contributed by atoms with Crippen LogP contribution in [0.2, 0.25) is 0 Å². The summed E-state index contributed by atoms with van der Waals surface area (Å²) < 4.78 is 12.8. The first-order valence-corrected chi connectivity index (χ1v) is 19.2. The molecule has 4 heteroatoms. The van der Waals surface area contributed by atoms with Gasteiger partial charge in [-0.25, -0.2) is 4.98 Å². The first kappa shape index (κ1) is 32.7. The van der Waals surface area contributed by atoms with E-state index in [-0.39, 0.29) is 0 Å². The number of para-hydroxylation sites is 1. The predicted octanol–water partition coefficient (Wildman–Crippen LogP) is 15.0. The molecule has 0 aliphatic heterocycles. The number of nitrogens with zero attached hydrogens (tertiary/aromatic N) is 2. The highest BCUT2D eigenvalue weighted by atomic mass is 16.4. The third kappa shape index (κ3) is 5.92. The molecule has 2 heterocycles. The molecule has 0 radical (unpaired) electrons. The number of furan rings is 1. The van der Waals surface area contributed by atoms with Crippen LogP contribution in [-0.2, 0) is 0 Å². The molecule has 0 aliphatic carbocycles. The minimum Gasteiger partial charge on any atom is -0.455 e. The Labute approximate surface area is 329 Å². The van der Waals surface area contributed by atoms with Crippen LogP contribution in [0.3, 0.4) is 0 Å². The quantitative estimate of drug-likeness (QED) is 0.164. The second kappa shape index (κ2) is 13.6. The van der Waals surface area contributed by atoms with E-state index in [2.05, 4.69) is 175 Å². The molecule has 268 valence electrons. The minimum atomic E-state index is 0.602. The summed E-state index contributed by atoms with van der Waals surface area (Å²) in [5.41, 5.74) is 14.1. The van der Waals surface area contributed by atoms with Gasteiger partial charge in [0.2, 0.25) is 5.89 Å². The van der Waals surface area contributed by atoms with Crippen molar-refractivity contribution in [2.45, 2.75) is 0 Å². The molecular weight excluding hydrogens is 697 g/mol. The highest BCUT2D eigenvalue weighted by molar-refractivity contribution is 6.12. The number of aromatic nitrogens is 1. The number of benzene rings is 9. The number of fused-ring (bicyclic) bond motifs is 5. The summed E-state index contributed by atoms with van der Waals surface area (Å²) in [6.45, 7) is 0. The van der Waals surface area contributed by atoms with Gasteiger partial charge in [0.25, 0.3) is 0 Å². The first-order valence-electron chi connectivity index (χ1n) is 19.2. The molecular formula is C53H34N2O2. The van der Waals surface area contributed by atoms with Crippen LogP contribution in [0.4, 0.5) is 17.1 Å². The standard InChI is InChI=1S/C53H34N2O2/c1-3-10-35(11-4-1)37-20-26-43(27-21-37)55(44-28-22-38(23-29-44)42-19-18-36-12-7-8-15-41(36)32-42)45-30-24-39(25-31-45)46-16-9-17-47-48-33-51-49(34-50(48)56-52(46)47)54-53(57-51)40-13-5-2-6-14-40/h1-34H. The molecule has 0 saturated heterocycles. The van der Waals surface area contributed by atoms with Crippen LogP contribution in [0.1, 0.15) is 0 Å². The molecule has 57 heavy (non-hydrogen) atoms. The van der Waals surface area contributed by atoms with Gasteiger partial charge in [-0.3, -0.25) is 0 Å². The number of rotatable bonds is 7. The third-order valence-electron chi connectivity index (χ3n) is 10.9. The lowest BCUT2D eigenvalue weighted by atomic mass is 10.00. The van der Waals surface area contributed by atoms with Crippen LogP contribution < -0.4 is 4.90 Å². The molecule has 9 aromatic carbocycles. The minimum absolute atomic E-state index is 0.602. The molecule has 2 aromatic heterocycles. The van der Waals surface area contributed by atoms with Crippen molar-refractivity contribution in [1.29, 1.82) is 0 Å². The van der Waals surface area contributed by atoms with Gasteiger partial charge in [-0.2, -0.15) is 0 Å². The Morgan fingerprint density at radius 2 is 0.912 bits per heavy atom. The second-order valence-corrected chi connectivity index (χ2v) is 14.4. The van der Waals surface area contributed by atoms with Crippen molar-refractivity contribution in [3.8, 4) is 44.8 Å². The fraction of sp³-hybridized carbons (Fsp3) is 0. The zero-order valence-corrected chi connectivity index (χ0v) is 30.8. The maximum absolute atomic E-state index is 6.60. The summed E-state index contributed by atoms with van der Waals surface area (Å²) >= 11 is 0. The smallest absolute Gasteiger partial charge is 0.227 e. The second-order valence-electron chi connectivity index (χ2n) is 14.4. The van der Waals surface area contributed by atoms with Crippen molar-refractivity contribution in [2.75, 3.05) is 4.90 Å². The van der Waals surface area contributed by atoms with Gasteiger partial charge in [0.05, 0.1) is 0 Å². The molecule has 0 N–H and O–H groups in total.